The Kier molecular flexibility index (Phi) is 6.87. The van der Waals surface area contributed by atoms with Gasteiger partial charge in [0, 0.05) is 18.2 Å². The Balaban J connectivity index is 2.43. The van der Waals surface area contributed by atoms with Crippen LogP contribution in [0.3, 0.4) is 0 Å². The van der Waals surface area contributed by atoms with E-state index < -0.39 is 39.8 Å². The highest BCUT2D eigenvalue weighted by atomic mass is 32.2. The molecule has 1 aromatic carbocycles. The molecule has 1 heterocycles. The molecular weight excluding hydrogens is 382 g/mol. The number of sulfonamides is 1. The van der Waals surface area contributed by atoms with Crippen LogP contribution in [0.4, 0.5) is 0 Å². The van der Waals surface area contributed by atoms with Crippen molar-refractivity contribution in [3.63, 3.8) is 0 Å². The summed E-state index contributed by atoms with van der Waals surface area (Å²) in [5, 5.41) is 0. The Morgan fingerprint density at radius 1 is 1.07 bits per heavy atom. The molecule has 7 nitrogen and oxygen atoms in total. The van der Waals surface area contributed by atoms with Crippen LogP contribution >= 0.6 is 0 Å². The van der Waals surface area contributed by atoms with Crippen molar-refractivity contribution in [1.82, 2.24) is 4.31 Å². The summed E-state index contributed by atoms with van der Waals surface area (Å²) in [7, 11) is -1.35. The van der Waals surface area contributed by atoms with Gasteiger partial charge in [0.05, 0.1) is 19.1 Å². The van der Waals surface area contributed by atoms with E-state index in [0.29, 0.717) is 6.42 Å². The van der Waals surface area contributed by atoms with Crippen molar-refractivity contribution in [2.45, 2.75) is 38.1 Å². The molecule has 2 atom stereocenters. The first-order valence-electron chi connectivity index (χ1n) is 9.07. The summed E-state index contributed by atoms with van der Waals surface area (Å²) in [5.74, 6) is -3.07. The average Bonchev–Trinajstić information content (AvgIpc) is 2.67. The van der Waals surface area contributed by atoms with Crippen molar-refractivity contribution < 1.29 is 27.5 Å². The molecule has 0 N–H and O–H groups in total. The lowest BCUT2D eigenvalue weighted by atomic mass is 9.82. The minimum absolute atomic E-state index is 0.0383. The van der Waals surface area contributed by atoms with Gasteiger partial charge in [-0.3, -0.25) is 13.9 Å². The number of carbonyl (C=O) groups is 2. The molecule has 0 saturated carbocycles. The van der Waals surface area contributed by atoms with Gasteiger partial charge in [-0.05, 0) is 31.4 Å². The molecular formula is C20H27NO6S. The predicted molar refractivity (Wildman–Crippen MR) is 104 cm³/mol. The number of carbonyl (C=O) groups excluding carboxylic acids is 2. The van der Waals surface area contributed by atoms with Gasteiger partial charge < -0.3 is 9.47 Å². The molecule has 0 saturated heterocycles. The molecule has 0 radical (unpaired) electrons. The topological polar surface area (TPSA) is 90.0 Å². The molecule has 0 aromatic heterocycles. The van der Waals surface area contributed by atoms with Gasteiger partial charge in [-0.1, -0.05) is 37.6 Å². The van der Waals surface area contributed by atoms with E-state index in [1.807, 2.05) is 20.8 Å². The maximum atomic E-state index is 13.2. The minimum Gasteiger partial charge on any atom is -0.468 e. The molecule has 2 rings (SSSR count). The van der Waals surface area contributed by atoms with E-state index in [0.717, 1.165) is 5.56 Å². The Labute approximate surface area is 166 Å². The molecule has 0 fully saturated rings. The van der Waals surface area contributed by atoms with Gasteiger partial charge in [0.25, 0.3) is 10.0 Å². The highest BCUT2D eigenvalue weighted by Gasteiger charge is 2.42. The summed E-state index contributed by atoms with van der Waals surface area (Å²) in [6.45, 7) is 5.70. The Bertz CT molecular complexity index is 828. The zero-order chi connectivity index (χ0) is 21.1. The first-order chi connectivity index (χ1) is 13.1. The van der Waals surface area contributed by atoms with E-state index in [1.54, 1.807) is 30.3 Å². The minimum atomic E-state index is -3.76. The van der Waals surface area contributed by atoms with Crippen LogP contribution in [0.5, 0.6) is 0 Å². The fourth-order valence-electron chi connectivity index (χ4n) is 3.37. The smallest absolute Gasteiger partial charge is 0.320 e. The third-order valence-electron chi connectivity index (χ3n) is 5.03. The number of aryl methyl sites for hydroxylation is 1. The second-order valence-corrected chi connectivity index (χ2v) is 9.07. The van der Waals surface area contributed by atoms with Crippen LogP contribution in [0.1, 0.15) is 25.8 Å². The van der Waals surface area contributed by atoms with E-state index >= 15 is 0 Å². The summed E-state index contributed by atoms with van der Waals surface area (Å²) in [5.41, 5.74) is 0.965. The highest BCUT2D eigenvalue weighted by molar-refractivity contribution is 7.89. The van der Waals surface area contributed by atoms with Crippen LogP contribution in [0.15, 0.2) is 41.4 Å². The van der Waals surface area contributed by atoms with E-state index in [2.05, 4.69) is 0 Å². The molecule has 154 valence electrons. The number of allylic oxidation sites excluding steroid dienone is 1. The van der Waals surface area contributed by atoms with Crippen LogP contribution in [0, 0.1) is 24.7 Å². The number of esters is 2. The maximum absolute atomic E-state index is 13.2. The predicted octanol–water partition coefficient (Wildman–Crippen LogP) is 2.51. The van der Waals surface area contributed by atoms with Crippen molar-refractivity contribution in [1.29, 1.82) is 0 Å². The number of benzene rings is 1. The quantitative estimate of drug-likeness (QED) is 0.530. The first-order valence-corrected chi connectivity index (χ1v) is 10.5. The van der Waals surface area contributed by atoms with Gasteiger partial charge in [-0.15, -0.1) is 0 Å². The lowest BCUT2D eigenvalue weighted by molar-refractivity contribution is -0.161. The number of nitrogens with zero attached hydrogens (tertiary/aromatic N) is 1. The van der Waals surface area contributed by atoms with Gasteiger partial charge in [-0.2, -0.15) is 0 Å². The number of hydrogen-bond donors (Lipinski definition) is 0. The van der Waals surface area contributed by atoms with E-state index in [-0.39, 0.29) is 10.8 Å². The summed E-state index contributed by atoms with van der Waals surface area (Å²) in [6, 6.07) is 6.23. The van der Waals surface area contributed by atoms with Crippen LogP contribution in [-0.4, -0.2) is 44.9 Å². The van der Waals surface area contributed by atoms with Crippen LogP contribution in [-0.2, 0) is 29.1 Å². The average molecular weight is 410 g/mol. The largest absolute Gasteiger partial charge is 0.468 e. The number of methoxy groups -OCH3 is 2. The summed E-state index contributed by atoms with van der Waals surface area (Å²) in [6.07, 6.45) is 3.32. The highest BCUT2D eigenvalue weighted by Crippen LogP contribution is 2.35. The van der Waals surface area contributed by atoms with Crippen molar-refractivity contribution >= 4 is 22.0 Å². The lowest BCUT2D eigenvalue weighted by Crippen LogP contribution is -2.46. The molecule has 1 aliphatic heterocycles. The molecule has 8 heteroatoms. The van der Waals surface area contributed by atoms with Crippen LogP contribution < -0.4 is 0 Å². The molecule has 1 aromatic rings. The zero-order valence-electron chi connectivity index (χ0n) is 16.8. The molecule has 28 heavy (non-hydrogen) atoms. The van der Waals surface area contributed by atoms with Crippen molar-refractivity contribution in [2.24, 2.45) is 17.8 Å². The van der Waals surface area contributed by atoms with Crippen molar-refractivity contribution in [2.75, 3.05) is 14.2 Å². The van der Waals surface area contributed by atoms with Crippen molar-refractivity contribution in [3.8, 4) is 0 Å². The molecule has 0 unspecified atom stereocenters. The SMILES string of the molecule is COC(=O)C(C(=O)OC)[C@@H]1C=CN(S(=O)(=O)c2ccc(C)cc2)[C@@H](C(C)C)C1. The summed E-state index contributed by atoms with van der Waals surface area (Å²) >= 11 is 0. The second-order valence-electron chi connectivity index (χ2n) is 7.22. The van der Waals surface area contributed by atoms with Gasteiger partial charge >= 0.3 is 11.9 Å². The van der Waals surface area contributed by atoms with Gasteiger partial charge in [0.2, 0.25) is 0 Å². The third kappa shape index (κ3) is 4.38. The summed E-state index contributed by atoms with van der Waals surface area (Å²) in [4.78, 5) is 24.5. The molecule has 0 spiro atoms. The van der Waals surface area contributed by atoms with Crippen LogP contribution in [0.25, 0.3) is 0 Å². The van der Waals surface area contributed by atoms with E-state index in [9.17, 15) is 18.0 Å². The third-order valence-corrected chi connectivity index (χ3v) is 6.84. The first kappa shape index (κ1) is 21.9. The molecule has 0 amide bonds. The Morgan fingerprint density at radius 2 is 1.61 bits per heavy atom. The fourth-order valence-corrected chi connectivity index (χ4v) is 5.01. The number of ether oxygens (including phenoxy) is 2. The number of rotatable bonds is 6. The molecule has 0 aliphatic carbocycles. The summed E-state index contributed by atoms with van der Waals surface area (Å²) < 4.78 is 37.2. The standard InChI is InChI=1S/C20H27NO6S/c1-13(2)17-12-15(18(19(22)26-4)20(23)27-5)10-11-21(17)28(24,25)16-8-6-14(3)7-9-16/h6-11,13,15,17-18H,12H2,1-5H3/t15-,17-/m1/s1. The monoisotopic (exact) mass is 409 g/mol. The number of hydrogen-bond acceptors (Lipinski definition) is 6. The Morgan fingerprint density at radius 3 is 2.07 bits per heavy atom. The maximum Gasteiger partial charge on any atom is 0.320 e. The van der Waals surface area contributed by atoms with Crippen molar-refractivity contribution in [3.05, 3.63) is 42.1 Å². The molecule has 1 aliphatic rings. The fraction of sp³-hybridized carbons (Fsp3) is 0.500. The normalized spacial score (nSPS) is 19.8. The van der Waals surface area contributed by atoms with Crippen LogP contribution in [0.2, 0.25) is 0 Å². The van der Waals surface area contributed by atoms with Gasteiger partial charge in [0.1, 0.15) is 0 Å². The van der Waals surface area contributed by atoms with E-state index in [4.69, 9.17) is 9.47 Å². The molecule has 0 bridgehead atoms. The second kappa shape index (κ2) is 8.77. The van der Waals surface area contributed by atoms with E-state index in [1.165, 1.54) is 24.7 Å². The lowest BCUT2D eigenvalue weighted by Gasteiger charge is -2.39. The van der Waals surface area contributed by atoms with Gasteiger partial charge in [0.15, 0.2) is 5.92 Å². The Hall–Kier alpha value is -2.35. The zero-order valence-corrected chi connectivity index (χ0v) is 17.6. The van der Waals surface area contributed by atoms with Gasteiger partial charge in [-0.25, -0.2) is 8.42 Å².